The first kappa shape index (κ1) is 22.1. The maximum Gasteiger partial charge on any atom is 0.299 e. The third kappa shape index (κ3) is 4.95. The Morgan fingerprint density at radius 2 is 1.83 bits per heavy atom. The van der Waals surface area contributed by atoms with Gasteiger partial charge in [-0.05, 0) is 49.9 Å². The molecule has 0 aliphatic heterocycles. The second-order valence-electron chi connectivity index (χ2n) is 6.91. The van der Waals surface area contributed by atoms with Crippen LogP contribution in [0.4, 0.5) is 0 Å². The topological polar surface area (TPSA) is 76.7 Å². The number of aryl methyl sites for hydroxylation is 5. The Hall–Kier alpha value is -2.55. The van der Waals surface area contributed by atoms with Crippen LogP contribution in [0.2, 0.25) is 0 Å². The molecule has 30 heavy (non-hydrogen) atoms. The predicted molar refractivity (Wildman–Crippen MR) is 123 cm³/mol. The summed E-state index contributed by atoms with van der Waals surface area (Å²) in [6.07, 6.45) is 0.823. The number of hydrogen-bond donors (Lipinski definition) is 1. The van der Waals surface area contributed by atoms with E-state index in [1.54, 1.807) is 10.2 Å². The Morgan fingerprint density at radius 1 is 1.07 bits per heavy atom. The van der Waals surface area contributed by atoms with Crippen molar-refractivity contribution < 1.29 is 4.74 Å². The van der Waals surface area contributed by atoms with Crippen molar-refractivity contribution in [2.75, 3.05) is 0 Å². The molecular formula is C21H22ClN5OS2. The molecular weight excluding hydrogens is 438 g/mol. The second-order valence-corrected chi connectivity index (χ2v) is 8.46. The third-order valence-corrected chi connectivity index (χ3v) is 5.95. The highest BCUT2D eigenvalue weighted by atomic mass is 35.5. The van der Waals surface area contributed by atoms with E-state index in [2.05, 4.69) is 46.5 Å². The van der Waals surface area contributed by atoms with Gasteiger partial charge in [0.25, 0.3) is 5.19 Å². The number of aromatic nitrogens is 4. The zero-order valence-electron chi connectivity index (χ0n) is 16.9. The molecule has 2 heterocycles. The molecule has 0 saturated carbocycles. The first-order chi connectivity index (χ1) is 14.0. The number of halogens is 1. The van der Waals surface area contributed by atoms with Crippen molar-refractivity contribution in [3.63, 3.8) is 0 Å². The van der Waals surface area contributed by atoms with Gasteiger partial charge in [-0.25, -0.2) is 4.68 Å². The van der Waals surface area contributed by atoms with Crippen LogP contribution in [0.1, 0.15) is 22.3 Å². The lowest BCUT2D eigenvalue weighted by molar-refractivity contribution is 0.474. The molecule has 0 radical (unpaired) electrons. The Balaban J connectivity index is 0.00000256. The van der Waals surface area contributed by atoms with Gasteiger partial charge in [-0.3, -0.25) is 5.41 Å². The smallest absolute Gasteiger partial charge is 0.299 e. The standard InChI is InChI=1S/C21H21N5OS2.ClH/c1-13-4-6-16(7-5-13)19-24-21(29-25-19)27-18-11-14(2)17(10-15(18)3)8-9-26-20(22)28-12-23-26;/h4-7,10-12,22H,8-9H2,1-3H3;1H. The summed E-state index contributed by atoms with van der Waals surface area (Å²) in [5.74, 6) is 1.47. The highest BCUT2D eigenvalue weighted by Crippen LogP contribution is 2.31. The predicted octanol–water partition coefficient (Wildman–Crippen LogP) is 5.32. The molecule has 1 N–H and O–H groups in total. The van der Waals surface area contributed by atoms with E-state index in [9.17, 15) is 0 Å². The van der Waals surface area contributed by atoms with E-state index in [1.165, 1.54) is 34.0 Å². The van der Waals surface area contributed by atoms with Crippen molar-refractivity contribution in [3.8, 4) is 22.3 Å². The van der Waals surface area contributed by atoms with E-state index in [0.717, 1.165) is 28.9 Å². The fourth-order valence-electron chi connectivity index (χ4n) is 3.02. The van der Waals surface area contributed by atoms with Gasteiger partial charge in [0.15, 0.2) is 10.6 Å². The van der Waals surface area contributed by atoms with Gasteiger partial charge < -0.3 is 4.74 Å². The summed E-state index contributed by atoms with van der Waals surface area (Å²) in [6.45, 7) is 6.86. The zero-order valence-corrected chi connectivity index (χ0v) is 19.3. The van der Waals surface area contributed by atoms with Crippen LogP contribution in [-0.2, 0) is 13.0 Å². The summed E-state index contributed by atoms with van der Waals surface area (Å²) in [7, 11) is 0. The summed E-state index contributed by atoms with van der Waals surface area (Å²) < 4.78 is 12.2. The fraction of sp³-hybridized carbons (Fsp3) is 0.238. The maximum absolute atomic E-state index is 7.83. The van der Waals surface area contributed by atoms with E-state index < -0.39 is 0 Å². The van der Waals surface area contributed by atoms with Crippen LogP contribution in [0.15, 0.2) is 41.9 Å². The quantitative estimate of drug-likeness (QED) is 0.423. The van der Waals surface area contributed by atoms with Crippen molar-refractivity contribution in [3.05, 3.63) is 69.0 Å². The SMILES string of the molecule is Cc1ccc(-c2nsc(Oc3cc(C)c(CCn4ncsc4=N)cc3C)n2)cc1.Cl. The molecule has 4 aromatic rings. The van der Waals surface area contributed by atoms with Crippen molar-refractivity contribution >= 4 is 35.3 Å². The van der Waals surface area contributed by atoms with Gasteiger partial charge in [0.1, 0.15) is 11.3 Å². The lowest BCUT2D eigenvalue weighted by Gasteiger charge is -2.12. The number of nitrogens with one attached hydrogen (secondary N) is 1. The molecule has 0 aliphatic carbocycles. The Kier molecular flexibility index (Phi) is 7.02. The zero-order chi connectivity index (χ0) is 20.4. The van der Waals surface area contributed by atoms with Crippen molar-refractivity contribution in [2.45, 2.75) is 33.7 Å². The van der Waals surface area contributed by atoms with E-state index in [0.29, 0.717) is 22.4 Å². The average molecular weight is 460 g/mol. The van der Waals surface area contributed by atoms with E-state index >= 15 is 0 Å². The highest BCUT2D eigenvalue weighted by Gasteiger charge is 2.12. The maximum atomic E-state index is 7.83. The molecule has 0 amide bonds. The van der Waals surface area contributed by atoms with Gasteiger partial charge in [0.05, 0.1) is 0 Å². The molecule has 0 spiro atoms. The minimum atomic E-state index is 0. The van der Waals surface area contributed by atoms with Crippen molar-refractivity contribution in [2.24, 2.45) is 0 Å². The molecule has 0 saturated heterocycles. The molecule has 0 atom stereocenters. The van der Waals surface area contributed by atoms with Gasteiger partial charge in [-0.1, -0.05) is 47.2 Å². The minimum Gasteiger partial charge on any atom is -0.430 e. The van der Waals surface area contributed by atoms with Crippen LogP contribution in [0.3, 0.4) is 0 Å². The molecule has 0 unspecified atom stereocenters. The van der Waals surface area contributed by atoms with E-state index in [-0.39, 0.29) is 12.4 Å². The van der Waals surface area contributed by atoms with Gasteiger partial charge in [-0.15, -0.1) is 12.4 Å². The van der Waals surface area contributed by atoms with Crippen molar-refractivity contribution in [1.29, 1.82) is 5.41 Å². The third-order valence-electron chi connectivity index (χ3n) is 4.73. The number of ether oxygens (including phenoxy) is 1. The Bertz CT molecular complexity index is 1200. The van der Waals surface area contributed by atoms with Crippen LogP contribution in [0, 0.1) is 26.2 Å². The molecule has 2 aromatic heterocycles. The minimum absolute atomic E-state index is 0. The summed E-state index contributed by atoms with van der Waals surface area (Å²) in [5.41, 5.74) is 7.32. The molecule has 2 aromatic carbocycles. The summed E-state index contributed by atoms with van der Waals surface area (Å²) >= 11 is 2.60. The first-order valence-electron chi connectivity index (χ1n) is 9.23. The molecule has 6 nitrogen and oxygen atoms in total. The van der Waals surface area contributed by atoms with Crippen LogP contribution in [0.25, 0.3) is 11.4 Å². The van der Waals surface area contributed by atoms with Crippen molar-refractivity contribution in [1.82, 2.24) is 19.1 Å². The Morgan fingerprint density at radius 3 is 2.53 bits per heavy atom. The number of benzene rings is 2. The van der Waals surface area contributed by atoms with Crippen LogP contribution < -0.4 is 9.54 Å². The fourth-order valence-corrected chi connectivity index (χ4v) is 4.11. The highest BCUT2D eigenvalue weighted by molar-refractivity contribution is 7.07. The van der Waals surface area contributed by atoms with E-state index in [1.807, 2.05) is 25.1 Å². The normalized spacial score (nSPS) is 10.6. The summed E-state index contributed by atoms with van der Waals surface area (Å²) in [6, 6.07) is 12.3. The number of nitrogens with zero attached hydrogens (tertiary/aromatic N) is 4. The average Bonchev–Trinajstić information content (AvgIpc) is 3.33. The lowest BCUT2D eigenvalue weighted by atomic mass is 10.0. The van der Waals surface area contributed by atoms with Crippen LogP contribution in [-0.4, -0.2) is 19.1 Å². The summed E-state index contributed by atoms with van der Waals surface area (Å²) in [5, 5.41) is 12.6. The van der Waals surface area contributed by atoms with Gasteiger partial charge in [0, 0.05) is 23.6 Å². The molecule has 0 bridgehead atoms. The largest absolute Gasteiger partial charge is 0.430 e. The van der Waals surface area contributed by atoms with Crippen LogP contribution >= 0.6 is 35.3 Å². The van der Waals surface area contributed by atoms with Gasteiger partial charge in [0.2, 0.25) is 0 Å². The Labute approximate surface area is 189 Å². The molecule has 4 rings (SSSR count). The first-order valence-corrected chi connectivity index (χ1v) is 10.9. The number of hydrogen-bond acceptors (Lipinski definition) is 7. The molecule has 0 aliphatic rings. The summed E-state index contributed by atoms with van der Waals surface area (Å²) in [4.78, 5) is 5.00. The van der Waals surface area contributed by atoms with Crippen LogP contribution in [0.5, 0.6) is 10.9 Å². The van der Waals surface area contributed by atoms with E-state index in [4.69, 9.17) is 10.1 Å². The second kappa shape index (κ2) is 9.51. The molecule has 9 heteroatoms. The van der Waals surface area contributed by atoms with Gasteiger partial charge in [-0.2, -0.15) is 14.5 Å². The van der Waals surface area contributed by atoms with Gasteiger partial charge >= 0.3 is 0 Å². The lowest BCUT2D eigenvalue weighted by Crippen LogP contribution is -2.16. The molecule has 0 fully saturated rings. The number of rotatable bonds is 6. The monoisotopic (exact) mass is 459 g/mol. The molecule has 156 valence electrons.